The zero-order valence-electron chi connectivity index (χ0n) is 13.8. The fraction of sp³-hybridized carbons (Fsp3) is 0.353. The molecule has 0 bridgehead atoms. The van der Waals surface area contributed by atoms with Crippen molar-refractivity contribution >= 4 is 23.2 Å². The van der Waals surface area contributed by atoms with Crippen molar-refractivity contribution in [2.24, 2.45) is 0 Å². The molecule has 0 aliphatic heterocycles. The van der Waals surface area contributed by atoms with Crippen molar-refractivity contribution in [1.29, 1.82) is 0 Å². The van der Waals surface area contributed by atoms with Gasteiger partial charge >= 0.3 is 0 Å². The fourth-order valence-electron chi connectivity index (χ4n) is 2.13. The molecule has 0 atom stereocenters. The molecule has 0 saturated heterocycles. The van der Waals surface area contributed by atoms with Crippen LogP contribution < -0.4 is 10.1 Å². The third kappa shape index (κ3) is 4.79. The van der Waals surface area contributed by atoms with Gasteiger partial charge in [0, 0.05) is 17.6 Å². The SMILES string of the molecule is CCOc1ncccc1C(=O)N(CC)CC(=O)NCc1cccs1. The standard InChI is InChI=1S/C17H21N3O3S/c1-3-20(12-15(21)19-11-13-7-6-10-24-13)17(22)14-8-5-9-18-16(14)23-4-2/h5-10H,3-4,11-12H2,1-2H3,(H,19,21). The summed E-state index contributed by atoms with van der Waals surface area (Å²) < 4.78 is 5.40. The lowest BCUT2D eigenvalue weighted by Gasteiger charge is -2.21. The molecule has 2 amide bonds. The Bertz CT molecular complexity index is 673. The predicted octanol–water partition coefficient (Wildman–Crippen LogP) is 2.32. The number of ether oxygens (including phenoxy) is 1. The maximum absolute atomic E-state index is 12.7. The van der Waals surface area contributed by atoms with E-state index in [1.54, 1.807) is 29.7 Å². The van der Waals surface area contributed by atoms with Gasteiger partial charge in [-0.3, -0.25) is 9.59 Å². The third-order valence-electron chi connectivity index (χ3n) is 3.33. The molecule has 2 aromatic rings. The first-order valence-electron chi connectivity index (χ1n) is 7.81. The zero-order chi connectivity index (χ0) is 17.4. The number of amides is 2. The molecule has 0 aliphatic rings. The second kappa shape index (κ2) is 9.02. The van der Waals surface area contributed by atoms with Crippen LogP contribution in [-0.2, 0) is 11.3 Å². The lowest BCUT2D eigenvalue weighted by Crippen LogP contribution is -2.40. The summed E-state index contributed by atoms with van der Waals surface area (Å²) in [7, 11) is 0. The van der Waals surface area contributed by atoms with Crippen LogP contribution in [0.5, 0.6) is 5.88 Å². The van der Waals surface area contributed by atoms with Gasteiger partial charge in [-0.2, -0.15) is 0 Å². The van der Waals surface area contributed by atoms with Crippen LogP contribution in [0.2, 0.25) is 0 Å². The van der Waals surface area contributed by atoms with E-state index in [0.717, 1.165) is 4.88 Å². The molecule has 2 rings (SSSR count). The summed E-state index contributed by atoms with van der Waals surface area (Å²) in [6.07, 6.45) is 1.58. The maximum Gasteiger partial charge on any atom is 0.259 e. The van der Waals surface area contributed by atoms with Gasteiger partial charge in [0.15, 0.2) is 0 Å². The summed E-state index contributed by atoms with van der Waals surface area (Å²) in [4.78, 5) is 31.4. The summed E-state index contributed by atoms with van der Waals surface area (Å²) in [5, 5.41) is 4.79. The minimum Gasteiger partial charge on any atom is -0.477 e. The van der Waals surface area contributed by atoms with E-state index in [2.05, 4.69) is 10.3 Å². The Kier molecular flexibility index (Phi) is 6.74. The van der Waals surface area contributed by atoms with Crippen LogP contribution >= 0.6 is 11.3 Å². The van der Waals surface area contributed by atoms with Crippen molar-refractivity contribution in [3.63, 3.8) is 0 Å². The molecule has 128 valence electrons. The molecule has 0 aliphatic carbocycles. The minimum absolute atomic E-state index is 0.00116. The molecule has 0 fully saturated rings. The number of hydrogen-bond donors (Lipinski definition) is 1. The minimum atomic E-state index is -0.264. The molecule has 0 aromatic carbocycles. The second-order valence-corrected chi connectivity index (χ2v) is 6.00. The number of carbonyl (C=O) groups is 2. The molecule has 0 unspecified atom stereocenters. The third-order valence-corrected chi connectivity index (χ3v) is 4.20. The fourth-order valence-corrected chi connectivity index (χ4v) is 2.78. The van der Waals surface area contributed by atoms with Crippen LogP contribution in [0.3, 0.4) is 0 Å². The highest BCUT2D eigenvalue weighted by molar-refractivity contribution is 7.09. The summed E-state index contributed by atoms with van der Waals surface area (Å²) >= 11 is 1.58. The van der Waals surface area contributed by atoms with Crippen molar-refractivity contribution in [1.82, 2.24) is 15.2 Å². The molecule has 2 aromatic heterocycles. The van der Waals surface area contributed by atoms with Crippen molar-refractivity contribution < 1.29 is 14.3 Å². The van der Waals surface area contributed by atoms with Gasteiger partial charge < -0.3 is 15.0 Å². The van der Waals surface area contributed by atoms with E-state index in [1.165, 1.54) is 4.90 Å². The number of likely N-dealkylation sites (N-methyl/N-ethyl adjacent to an activating group) is 1. The van der Waals surface area contributed by atoms with Crippen LogP contribution in [-0.4, -0.2) is 41.4 Å². The Morgan fingerprint density at radius 3 is 2.79 bits per heavy atom. The zero-order valence-corrected chi connectivity index (χ0v) is 14.6. The highest BCUT2D eigenvalue weighted by atomic mass is 32.1. The van der Waals surface area contributed by atoms with Crippen molar-refractivity contribution in [3.8, 4) is 5.88 Å². The van der Waals surface area contributed by atoms with E-state index in [1.807, 2.05) is 31.4 Å². The van der Waals surface area contributed by atoms with E-state index in [0.29, 0.717) is 31.1 Å². The van der Waals surface area contributed by atoms with Crippen molar-refractivity contribution in [2.45, 2.75) is 20.4 Å². The average molecular weight is 347 g/mol. The van der Waals surface area contributed by atoms with Gasteiger partial charge in [0.1, 0.15) is 5.56 Å². The molecule has 2 heterocycles. The van der Waals surface area contributed by atoms with E-state index >= 15 is 0 Å². The first kappa shape index (κ1) is 17.9. The Morgan fingerprint density at radius 2 is 2.12 bits per heavy atom. The molecule has 0 spiro atoms. The van der Waals surface area contributed by atoms with Gasteiger partial charge in [-0.25, -0.2) is 4.98 Å². The lowest BCUT2D eigenvalue weighted by molar-refractivity contribution is -0.121. The molecule has 1 N–H and O–H groups in total. The summed E-state index contributed by atoms with van der Waals surface area (Å²) in [6, 6.07) is 7.23. The largest absolute Gasteiger partial charge is 0.477 e. The normalized spacial score (nSPS) is 10.2. The number of aromatic nitrogens is 1. The van der Waals surface area contributed by atoms with E-state index < -0.39 is 0 Å². The number of nitrogens with one attached hydrogen (secondary N) is 1. The Labute approximate surface area is 145 Å². The number of rotatable bonds is 8. The van der Waals surface area contributed by atoms with Gasteiger partial charge in [-0.1, -0.05) is 6.07 Å². The van der Waals surface area contributed by atoms with Gasteiger partial charge in [-0.15, -0.1) is 11.3 Å². The van der Waals surface area contributed by atoms with Crippen LogP contribution in [0.15, 0.2) is 35.8 Å². The molecule has 7 heteroatoms. The highest BCUT2D eigenvalue weighted by Crippen LogP contribution is 2.16. The van der Waals surface area contributed by atoms with Gasteiger partial charge in [0.05, 0.1) is 19.7 Å². The number of nitrogens with zero attached hydrogens (tertiary/aromatic N) is 2. The van der Waals surface area contributed by atoms with Gasteiger partial charge in [0.2, 0.25) is 11.8 Å². The first-order chi connectivity index (χ1) is 11.7. The topological polar surface area (TPSA) is 71.5 Å². The van der Waals surface area contributed by atoms with Gasteiger partial charge in [-0.05, 0) is 37.4 Å². The van der Waals surface area contributed by atoms with E-state index in [4.69, 9.17) is 4.74 Å². The number of hydrogen-bond acceptors (Lipinski definition) is 5. The molecular formula is C17H21N3O3S. The summed E-state index contributed by atoms with van der Waals surface area (Å²) in [5.74, 6) is -0.164. The highest BCUT2D eigenvalue weighted by Gasteiger charge is 2.21. The van der Waals surface area contributed by atoms with Gasteiger partial charge in [0.25, 0.3) is 5.91 Å². The molecule has 0 saturated carbocycles. The van der Waals surface area contributed by atoms with Crippen LogP contribution in [0, 0.1) is 0 Å². The number of carbonyl (C=O) groups excluding carboxylic acids is 2. The second-order valence-electron chi connectivity index (χ2n) is 4.96. The average Bonchev–Trinajstić information content (AvgIpc) is 3.11. The molecule has 0 radical (unpaired) electrons. The quantitative estimate of drug-likeness (QED) is 0.795. The van der Waals surface area contributed by atoms with Crippen molar-refractivity contribution in [2.75, 3.05) is 19.7 Å². The maximum atomic E-state index is 12.7. The lowest BCUT2D eigenvalue weighted by atomic mass is 10.2. The van der Waals surface area contributed by atoms with Crippen LogP contribution in [0.25, 0.3) is 0 Å². The Balaban J connectivity index is 1.99. The Morgan fingerprint density at radius 1 is 1.29 bits per heavy atom. The van der Waals surface area contributed by atoms with Crippen LogP contribution in [0.1, 0.15) is 29.1 Å². The molecule has 24 heavy (non-hydrogen) atoms. The number of thiophene rings is 1. The first-order valence-corrected chi connectivity index (χ1v) is 8.69. The summed E-state index contributed by atoms with van der Waals surface area (Å²) in [5.41, 5.74) is 0.368. The number of pyridine rings is 1. The van der Waals surface area contributed by atoms with Crippen LogP contribution in [0.4, 0.5) is 0 Å². The van der Waals surface area contributed by atoms with E-state index in [9.17, 15) is 9.59 Å². The smallest absolute Gasteiger partial charge is 0.259 e. The Hall–Kier alpha value is -2.41. The predicted molar refractivity (Wildman–Crippen MR) is 93.1 cm³/mol. The molecule has 6 nitrogen and oxygen atoms in total. The van der Waals surface area contributed by atoms with Crippen molar-refractivity contribution in [3.05, 3.63) is 46.3 Å². The monoisotopic (exact) mass is 347 g/mol. The molecular weight excluding hydrogens is 326 g/mol. The summed E-state index contributed by atoms with van der Waals surface area (Å²) in [6.45, 7) is 4.98. The van der Waals surface area contributed by atoms with E-state index in [-0.39, 0.29) is 18.4 Å².